The van der Waals surface area contributed by atoms with E-state index in [2.05, 4.69) is 41.9 Å². The highest BCUT2D eigenvalue weighted by molar-refractivity contribution is 9.10. The van der Waals surface area contributed by atoms with Crippen molar-refractivity contribution in [2.75, 3.05) is 19.6 Å². The predicted molar refractivity (Wildman–Crippen MR) is 64.5 cm³/mol. The van der Waals surface area contributed by atoms with Crippen LogP contribution in [0.2, 0.25) is 0 Å². The van der Waals surface area contributed by atoms with E-state index < -0.39 is 0 Å². The first-order valence-electron chi connectivity index (χ1n) is 5.54. The van der Waals surface area contributed by atoms with Gasteiger partial charge < -0.3 is 9.01 Å². The number of rotatable bonds is 5. The zero-order valence-corrected chi connectivity index (χ0v) is 11.6. The van der Waals surface area contributed by atoms with Crippen LogP contribution in [0.25, 0.3) is 0 Å². The predicted octanol–water partition coefficient (Wildman–Crippen LogP) is 3.12. The largest absolute Gasteiger partial charge is 0.354 e. The van der Waals surface area contributed by atoms with Crippen molar-refractivity contribution in [3.8, 4) is 0 Å². The SMILES string of the molecule is CC[N+](CC)(CC)Cc1onc(C)c1Br. The van der Waals surface area contributed by atoms with Gasteiger partial charge in [0.15, 0.2) is 0 Å². The first-order valence-corrected chi connectivity index (χ1v) is 6.33. The lowest BCUT2D eigenvalue weighted by atomic mass is 10.3. The Morgan fingerprint density at radius 3 is 2.07 bits per heavy atom. The van der Waals surface area contributed by atoms with Gasteiger partial charge in [-0.2, -0.15) is 0 Å². The number of halogens is 1. The summed E-state index contributed by atoms with van der Waals surface area (Å²) in [5.74, 6) is 0.970. The molecule has 3 nitrogen and oxygen atoms in total. The fourth-order valence-electron chi connectivity index (χ4n) is 1.81. The lowest BCUT2D eigenvalue weighted by Crippen LogP contribution is -2.46. The molecule has 0 aliphatic heterocycles. The monoisotopic (exact) mass is 275 g/mol. The number of quaternary nitrogens is 1. The van der Waals surface area contributed by atoms with E-state index in [1.54, 1.807) is 0 Å². The number of hydrogen-bond donors (Lipinski definition) is 0. The maximum Gasteiger partial charge on any atom is 0.205 e. The molecule has 86 valence electrons. The minimum Gasteiger partial charge on any atom is -0.354 e. The molecule has 1 aromatic rings. The Kier molecular flexibility index (Phi) is 4.34. The third kappa shape index (κ3) is 2.61. The molecule has 0 aliphatic rings. The van der Waals surface area contributed by atoms with Crippen molar-refractivity contribution in [3.05, 3.63) is 15.9 Å². The van der Waals surface area contributed by atoms with Crippen LogP contribution in [0.1, 0.15) is 32.2 Å². The molecule has 0 aliphatic carbocycles. The van der Waals surface area contributed by atoms with Crippen molar-refractivity contribution in [2.45, 2.75) is 34.2 Å². The second-order valence-electron chi connectivity index (χ2n) is 3.95. The number of aryl methyl sites for hydroxylation is 1. The van der Waals surface area contributed by atoms with Gasteiger partial charge in [-0.1, -0.05) is 5.16 Å². The van der Waals surface area contributed by atoms with E-state index in [0.717, 1.165) is 46.6 Å². The molecule has 1 rings (SSSR count). The van der Waals surface area contributed by atoms with E-state index in [1.165, 1.54) is 0 Å². The Bertz CT molecular complexity index is 310. The Hall–Kier alpha value is -0.350. The van der Waals surface area contributed by atoms with Gasteiger partial charge in [-0.3, -0.25) is 0 Å². The lowest BCUT2D eigenvalue weighted by molar-refractivity contribution is -0.937. The molecule has 0 aromatic carbocycles. The maximum absolute atomic E-state index is 5.34. The molecule has 0 bridgehead atoms. The van der Waals surface area contributed by atoms with Crippen LogP contribution < -0.4 is 0 Å². The Balaban J connectivity index is 2.87. The van der Waals surface area contributed by atoms with Crippen molar-refractivity contribution >= 4 is 15.9 Å². The van der Waals surface area contributed by atoms with Gasteiger partial charge in [0.1, 0.15) is 6.54 Å². The van der Waals surface area contributed by atoms with Crippen molar-refractivity contribution < 1.29 is 9.01 Å². The van der Waals surface area contributed by atoms with Gasteiger partial charge in [-0.25, -0.2) is 0 Å². The lowest BCUT2D eigenvalue weighted by Gasteiger charge is -2.34. The van der Waals surface area contributed by atoms with Gasteiger partial charge in [-0.05, 0) is 43.6 Å². The molecule has 4 heteroatoms. The van der Waals surface area contributed by atoms with Crippen LogP contribution in [0.4, 0.5) is 0 Å². The van der Waals surface area contributed by atoms with E-state index in [0.29, 0.717) is 0 Å². The van der Waals surface area contributed by atoms with Crippen LogP contribution in [-0.2, 0) is 6.54 Å². The second-order valence-corrected chi connectivity index (χ2v) is 4.75. The Labute approximate surface area is 100 Å². The molecule has 0 unspecified atom stereocenters. The maximum atomic E-state index is 5.34. The van der Waals surface area contributed by atoms with Crippen molar-refractivity contribution in [3.63, 3.8) is 0 Å². The summed E-state index contributed by atoms with van der Waals surface area (Å²) in [6, 6.07) is 0. The van der Waals surface area contributed by atoms with E-state index in [9.17, 15) is 0 Å². The average Bonchev–Trinajstić information content (AvgIpc) is 2.57. The molecule has 0 amide bonds. The summed E-state index contributed by atoms with van der Waals surface area (Å²) < 4.78 is 7.42. The van der Waals surface area contributed by atoms with Gasteiger partial charge in [0.2, 0.25) is 5.76 Å². The molecule has 0 radical (unpaired) electrons. The van der Waals surface area contributed by atoms with E-state index in [1.807, 2.05) is 6.92 Å². The molecule has 0 atom stereocenters. The van der Waals surface area contributed by atoms with Crippen molar-refractivity contribution in [1.29, 1.82) is 0 Å². The first kappa shape index (κ1) is 12.7. The smallest absolute Gasteiger partial charge is 0.205 e. The molecule has 0 saturated carbocycles. The summed E-state index contributed by atoms with van der Waals surface area (Å²) in [6.45, 7) is 12.9. The molecule has 1 aromatic heterocycles. The summed E-state index contributed by atoms with van der Waals surface area (Å²) in [7, 11) is 0. The molecule has 1 heterocycles. The highest BCUT2D eigenvalue weighted by Gasteiger charge is 2.25. The topological polar surface area (TPSA) is 26.0 Å². The summed E-state index contributed by atoms with van der Waals surface area (Å²) in [6.07, 6.45) is 0. The standard InChI is InChI=1S/C11H20BrN2O/c1-5-14(6-2,7-3)8-10-11(12)9(4)13-15-10/h5-8H2,1-4H3/q+1. The first-order chi connectivity index (χ1) is 7.08. The van der Waals surface area contributed by atoms with Gasteiger partial charge in [0.25, 0.3) is 0 Å². The van der Waals surface area contributed by atoms with Gasteiger partial charge in [0, 0.05) is 0 Å². The van der Waals surface area contributed by atoms with Crippen LogP contribution in [0.5, 0.6) is 0 Å². The number of nitrogens with zero attached hydrogens (tertiary/aromatic N) is 2. The quantitative estimate of drug-likeness (QED) is 0.772. The van der Waals surface area contributed by atoms with Gasteiger partial charge in [0.05, 0.1) is 29.8 Å². The van der Waals surface area contributed by atoms with Crippen LogP contribution in [0, 0.1) is 6.92 Å². The normalized spacial score (nSPS) is 12.1. The van der Waals surface area contributed by atoms with E-state index in [4.69, 9.17) is 4.52 Å². The third-order valence-corrected chi connectivity index (χ3v) is 4.36. The second kappa shape index (κ2) is 5.12. The van der Waals surface area contributed by atoms with Crippen LogP contribution in [0.3, 0.4) is 0 Å². The van der Waals surface area contributed by atoms with Gasteiger partial charge >= 0.3 is 0 Å². The highest BCUT2D eigenvalue weighted by atomic mass is 79.9. The molecule has 15 heavy (non-hydrogen) atoms. The van der Waals surface area contributed by atoms with Crippen LogP contribution >= 0.6 is 15.9 Å². The van der Waals surface area contributed by atoms with E-state index >= 15 is 0 Å². The zero-order valence-electron chi connectivity index (χ0n) is 10.0. The van der Waals surface area contributed by atoms with E-state index in [-0.39, 0.29) is 0 Å². The molecule has 0 N–H and O–H groups in total. The molecule has 0 saturated heterocycles. The fourth-order valence-corrected chi connectivity index (χ4v) is 2.08. The summed E-state index contributed by atoms with van der Waals surface area (Å²) >= 11 is 3.52. The average molecular weight is 276 g/mol. The Morgan fingerprint density at radius 1 is 1.20 bits per heavy atom. The Morgan fingerprint density at radius 2 is 1.73 bits per heavy atom. The minimum atomic E-state index is 0.922. The molecular weight excluding hydrogens is 256 g/mol. The molecule has 0 fully saturated rings. The molecule has 0 spiro atoms. The van der Waals surface area contributed by atoms with Crippen molar-refractivity contribution in [1.82, 2.24) is 5.16 Å². The number of hydrogen-bond acceptors (Lipinski definition) is 2. The minimum absolute atomic E-state index is 0.922. The van der Waals surface area contributed by atoms with Crippen molar-refractivity contribution in [2.24, 2.45) is 0 Å². The highest BCUT2D eigenvalue weighted by Crippen LogP contribution is 2.24. The zero-order chi connectivity index (χ0) is 11.5. The summed E-state index contributed by atoms with van der Waals surface area (Å²) in [5, 5.41) is 3.97. The van der Waals surface area contributed by atoms with Crippen LogP contribution in [0.15, 0.2) is 9.00 Å². The molecular formula is C11H20BrN2O+. The summed E-state index contributed by atoms with van der Waals surface area (Å²) in [5.41, 5.74) is 0.936. The van der Waals surface area contributed by atoms with Gasteiger partial charge in [-0.15, -0.1) is 0 Å². The number of aromatic nitrogens is 1. The third-order valence-electron chi connectivity index (χ3n) is 3.35. The van der Waals surface area contributed by atoms with Crippen LogP contribution in [-0.4, -0.2) is 29.3 Å². The fraction of sp³-hybridized carbons (Fsp3) is 0.727. The summed E-state index contributed by atoms with van der Waals surface area (Å²) in [4.78, 5) is 0.